The summed E-state index contributed by atoms with van der Waals surface area (Å²) in [5.74, 6) is 0. The van der Waals surface area contributed by atoms with Crippen molar-refractivity contribution in [3.63, 3.8) is 0 Å². The molecule has 5 rings (SSSR count). The van der Waals surface area contributed by atoms with Crippen LogP contribution in [0, 0.1) is 0 Å². The first-order valence-corrected chi connectivity index (χ1v) is 9.01. The number of rotatable bonds is 2. The summed E-state index contributed by atoms with van der Waals surface area (Å²) >= 11 is 0. The molecule has 1 N–H and O–H groups in total. The summed E-state index contributed by atoms with van der Waals surface area (Å²) < 4.78 is 0. The minimum Gasteiger partial charge on any atom is -0.351 e. The molecule has 147 valence electrons. The SMILES string of the molecule is [Ru+3].c1c[nH]cn1.c1ccc(-c2ccccn2)nc1.c1ccc(-c2ccccn2)nc1. The number of H-pyrrole nitrogens is 1. The number of aromatic nitrogens is 6. The van der Waals surface area contributed by atoms with Crippen molar-refractivity contribution in [2.24, 2.45) is 0 Å². The first-order chi connectivity index (χ1) is 14.4. The van der Waals surface area contributed by atoms with Crippen LogP contribution in [0.4, 0.5) is 0 Å². The quantitative estimate of drug-likeness (QED) is 0.370. The van der Waals surface area contributed by atoms with Crippen LogP contribution in [-0.4, -0.2) is 29.9 Å². The Kier molecular flexibility index (Phi) is 10.3. The molecule has 0 aliphatic rings. The maximum atomic E-state index is 4.19. The third kappa shape index (κ3) is 7.82. The van der Waals surface area contributed by atoms with E-state index in [2.05, 4.69) is 29.9 Å². The second kappa shape index (κ2) is 13.6. The molecule has 0 amide bonds. The Morgan fingerprint density at radius 1 is 0.467 bits per heavy atom. The van der Waals surface area contributed by atoms with Gasteiger partial charge in [-0.25, -0.2) is 4.98 Å². The molecule has 7 heteroatoms. The van der Waals surface area contributed by atoms with Crippen LogP contribution in [0.2, 0.25) is 0 Å². The van der Waals surface area contributed by atoms with Gasteiger partial charge in [-0.05, 0) is 48.5 Å². The summed E-state index contributed by atoms with van der Waals surface area (Å²) in [5.41, 5.74) is 3.66. The number of hydrogen-bond donors (Lipinski definition) is 1. The molecule has 5 aromatic rings. The van der Waals surface area contributed by atoms with Gasteiger partial charge in [0.15, 0.2) is 0 Å². The van der Waals surface area contributed by atoms with Gasteiger partial charge in [0, 0.05) is 37.2 Å². The molecule has 0 unspecified atom stereocenters. The number of nitrogens with one attached hydrogen (secondary N) is 1. The van der Waals surface area contributed by atoms with E-state index in [-0.39, 0.29) is 19.5 Å². The molecule has 1 radical (unpaired) electrons. The molecular formula is C23H20N6Ru+3. The molecule has 0 aliphatic heterocycles. The molecule has 0 fully saturated rings. The molecule has 0 bridgehead atoms. The summed E-state index contributed by atoms with van der Waals surface area (Å²) in [5, 5.41) is 0. The van der Waals surface area contributed by atoms with Gasteiger partial charge in [0.1, 0.15) is 0 Å². The van der Waals surface area contributed by atoms with Crippen LogP contribution in [-0.2, 0) is 19.5 Å². The van der Waals surface area contributed by atoms with E-state index in [0.717, 1.165) is 22.8 Å². The number of imidazole rings is 1. The number of aromatic amines is 1. The van der Waals surface area contributed by atoms with Gasteiger partial charge in [0.25, 0.3) is 0 Å². The van der Waals surface area contributed by atoms with E-state index in [9.17, 15) is 0 Å². The normalized spacial score (nSPS) is 9.07. The van der Waals surface area contributed by atoms with Crippen molar-refractivity contribution in [1.82, 2.24) is 29.9 Å². The molecule has 5 aromatic heterocycles. The summed E-state index contributed by atoms with van der Waals surface area (Å²) in [7, 11) is 0. The number of pyridine rings is 4. The molecule has 0 aromatic carbocycles. The van der Waals surface area contributed by atoms with Crippen molar-refractivity contribution in [2.75, 3.05) is 0 Å². The van der Waals surface area contributed by atoms with E-state index in [4.69, 9.17) is 0 Å². The maximum absolute atomic E-state index is 4.19. The Hall–Kier alpha value is -3.57. The molecule has 30 heavy (non-hydrogen) atoms. The molecule has 0 aliphatic carbocycles. The zero-order valence-electron chi connectivity index (χ0n) is 16.1. The fraction of sp³-hybridized carbons (Fsp3) is 0. The molecule has 0 saturated carbocycles. The molecule has 0 atom stereocenters. The predicted molar refractivity (Wildman–Crippen MR) is 114 cm³/mol. The second-order valence-electron chi connectivity index (χ2n) is 5.62. The Balaban J connectivity index is 0.000000170. The van der Waals surface area contributed by atoms with E-state index in [1.165, 1.54) is 0 Å². The Labute approximate surface area is 188 Å². The third-order valence-electron chi connectivity index (χ3n) is 3.59. The Morgan fingerprint density at radius 3 is 1.00 bits per heavy atom. The molecular weight excluding hydrogens is 461 g/mol. The molecule has 0 saturated heterocycles. The maximum Gasteiger partial charge on any atom is 3.00 e. The van der Waals surface area contributed by atoms with Crippen LogP contribution in [0.5, 0.6) is 0 Å². The van der Waals surface area contributed by atoms with Crippen molar-refractivity contribution in [3.05, 3.63) is 116 Å². The van der Waals surface area contributed by atoms with Crippen LogP contribution in [0.3, 0.4) is 0 Å². The van der Waals surface area contributed by atoms with Gasteiger partial charge in [0.05, 0.1) is 29.1 Å². The monoisotopic (exact) mass is 482 g/mol. The van der Waals surface area contributed by atoms with Crippen LogP contribution in [0.25, 0.3) is 22.8 Å². The second-order valence-corrected chi connectivity index (χ2v) is 5.62. The van der Waals surface area contributed by atoms with Crippen molar-refractivity contribution < 1.29 is 19.5 Å². The van der Waals surface area contributed by atoms with E-state index < -0.39 is 0 Å². The van der Waals surface area contributed by atoms with Crippen molar-refractivity contribution >= 4 is 0 Å². The minimum absolute atomic E-state index is 0. The van der Waals surface area contributed by atoms with Crippen molar-refractivity contribution in [3.8, 4) is 22.8 Å². The van der Waals surface area contributed by atoms with E-state index in [0.29, 0.717) is 0 Å². The molecule has 5 heterocycles. The van der Waals surface area contributed by atoms with E-state index in [1.807, 2.05) is 72.8 Å². The topological polar surface area (TPSA) is 80.2 Å². The fourth-order valence-electron chi connectivity index (χ4n) is 2.27. The smallest absolute Gasteiger partial charge is 0.351 e. The summed E-state index contributed by atoms with van der Waals surface area (Å²) in [4.78, 5) is 23.2. The summed E-state index contributed by atoms with van der Waals surface area (Å²) in [6.07, 6.45) is 12.2. The fourth-order valence-corrected chi connectivity index (χ4v) is 2.27. The van der Waals surface area contributed by atoms with Gasteiger partial charge in [0.2, 0.25) is 0 Å². The predicted octanol–water partition coefficient (Wildman–Crippen LogP) is 4.69. The van der Waals surface area contributed by atoms with Gasteiger partial charge in [-0.2, -0.15) is 0 Å². The number of hydrogen-bond acceptors (Lipinski definition) is 5. The zero-order valence-corrected chi connectivity index (χ0v) is 17.8. The van der Waals surface area contributed by atoms with Gasteiger partial charge >= 0.3 is 19.5 Å². The minimum atomic E-state index is 0. The van der Waals surface area contributed by atoms with Crippen LogP contribution in [0.15, 0.2) is 116 Å². The standard InChI is InChI=1S/2C10H8N2.C3H4N2.Ru/c2*1-3-7-11-9(5-1)10-6-2-4-8-12-10;1-2-5-3-4-1;/h2*1-8H;1-3H,(H,4,5);/q;;;+3. The average molecular weight is 482 g/mol. The molecule has 0 spiro atoms. The van der Waals surface area contributed by atoms with Crippen molar-refractivity contribution in [2.45, 2.75) is 0 Å². The van der Waals surface area contributed by atoms with Gasteiger partial charge < -0.3 is 4.98 Å². The zero-order chi connectivity index (χ0) is 20.0. The first kappa shape index (κ1) is 22.7. The van der Waals surface area contributed by atoms with Crippen LogP contribution < -0.4 is 0 Å². The average Bonchev–Trinajstić information content (AvgIpc) is 3.42. The van der Waals surface area contributed by atoms with Crippen LogP contribution >= 0.6 is 0 Å². The number of nitrogens with zero attached hydrogens (tertiary/aromatic N) is 5. The van der Waals surface area contributed by atoms with E-state index in [1.54, 1.807) is 43.5 Å². The van der Waals surface area contributed by atoms with Crippen molar-refractivity contribution in [1.29, 1.82) is 0 Å². The third-order valence-corrected chi connectivity index (χ3v) is 3.59. The summed E-state index contributed by atoms with van der Waals surface area (Å²) in [6, 6.07) is 23.2. The van der Waals surface area contributed by atoms with E-state index >= 15 is 0 Å². The Morgan fingerprint density at radius 2 is 0.833 bits per heavy atom. The Bertz CT molecular complexity index is 861. The van der Waals surface area contributed by atoms with Gasteiger partial charge in [-0.3, -0.25) is 19.9 Å². The molecule has 6 nitrogen and oxygen atoms in total. The summed E-state index contributed by atoms with van der Waals surface area (Å²) in [6.45, 7) is 0. The van der Waals surface area contributed by atoms with Crippen LogP contribution in [0.1, 0.15) is 0 Å². The van der Waals surface area contributed by atoms with Gasteiger partial charge in [-0.1, -0.05) is 24.3 Å². The largest absolute Gasteiger partial charge is 3.00 e. The van der Waals surface area contributed by atoms with Gasteiger partial charge in [-0.15, -0.1) is 0 Å². The first-order valence-electron chi connectivity index (χ1n) is 9.01.